The number of benzene rings is 3. The van der Waals surface area contributed by atoms with Crippen LogP contribution in [0.3, 0.4) is 0 Å². The molecular weight excluding hydrogens is 545 g/mol. The molecule has 0 aliphatic carbocycles. The first-order valence-corrected chi connectivity index (χ1v) is 12.5. The van der Waals surface area contributed by atoms with Gasteiger partial charge >= 0.3 is 5.97 Å². The fraction of sp³-hybridized carbons (Fsp3) is 0.143. The van der Waals surface area contributed by atoms with Crippen LogP contribution >= 0.6 is 23.2 Å². The Morgan fingerprint density at radius 3 is 2.72 bits per heavy atom. The quantitative estimate of drug-likeness (QED) is 0.169. The topological polar surface area (TPSA) is 105 Å². The van der Waals surface area contributed by atoms with Crippen LogP contribution in [-0.2, 0) is 9.53 Å². The third-order valence-corrected chi connectivity index (χ3v) is 6.18. The second-order valence-electron chi connectivity index (χ2n) is 8.23. The first kappa shape index (κ1) is 26.3. The zero-order valence-electron chi connectivity index (χ0n) is 20.8. The van der Waals surface area contributed by atoms with E-state index in [0.717, 1.165) is 10.1 Å². The van der Waals surface area contributed by atoms with Crippen molar-refractivity contribution in [1.29, 1.82) is 0 Å². The van der Waals surface area contributed by atoms with Crippen LogP contribution in [0.15, 0.2) is 75.0 Å². The Labute approximate surface area is 232 Å². The third-order valence-electron chi connectivity index (χ3n) is 5.67. The number of carbonyl (C=O) groups excluding carboxylic acids is 1. The Morgan fingerprint density at radius 2 is 1.92 bits per heavy atom. The molecule has 2 aromatic heterocycles. The fourth-order valence-electron chi connectivity index (χ4n) is 3.89. The highest BCUT2D eigenvalue weighted by Gasteiger charge is 2.18. The molecule has 0 saturated carbocycles. The Bertz CT molecular complexity index is 1790. The van der Waals surface area contributed by atoms with Crippen LogP contribution in [0, 0.1) is 0 Å². The van der Waals surface area contributed by atoms with Crippen molar-refractivity contribution in [3.05, 3.63) is 86.6 Å². The van der Waals surface area contributed by atoms with Gasteiger partial charge in [0.05, 0.1) is 35.9 Å². The van der Waals surface area contributed by atoms with Crippen LogP contribution in [0.1, 0.15) is 12.5 Å². The lowest BCUT2D eigenvalue weighted by Crippen LogP contribution is -2.20. The summed E-state index contributed by atoms with van der Waals surface area (Å²) in [5.41, 5.74) is 1.20. The van der Waals surface area contributed by atoms with E-state index in [1.165, 1.54) is 13.3 Å². The summed E-state index contributed by atoms with van der Waals surface area (Å²) in [6.45, 7) is 1.78. The molecule has 2 heterocycles. The van der Waals surface area contributed by atoms with Crippen LogP contribution in [0.2, 0.25) is 10.0 Å². The molecule has 0 amide bonds. The van der Waals surface area contributed by atoms with E-state index in [4.69, 9.17) is 37.1 Å². The molecule has 0 radical (unpaired) electrons. The van der Waals surface area contributed by atoms with Crippen LogP contribution < -0.4 is 15.0 Å². The van der Waals surface area contributed by atoms with E-state index >= 15 is 0 Å². The number of rotatable bonds is 8. The Balaban J connectivity index is 1.61. The Kier molecular flexibility index (Phi) is 7.53. The predicted molar refractivity (Wildman–Crippen MR) is 149 cm³/mol. The number of ether oxygens (including phenoxy) is 3. The summed E-state index contributed by atoms with van der Waals surface area (Å²) in [6, 6.07) is 17.2. The number of fused-ring (bicyclic) bond motifs is 2. The molecule has 198 valence electrons. The van der Waals surface area contributed by atoms with Crippen LogP contribution in [0.4, 0.5) is 0 Å². The van der Waals surface area contributed by atoms with Gasteiger partial charge in [0.25, 0.3) is 5.56 Å². The lowest BCUT2D eigenvalue weighted by atomic mass is 10.2. The van der Waals surface area contributed by atoms with Crippen LogP contribution in [0.5, 0.6) is 11.5 Å². The zero-order valence-corrected chi connectivity index (χ0v) is 22.3. The molecule has 0 aliphatic heterocycles. The van der Waals surface area contributed by atoms with Gasteiger partial charge in [0, 0.05) is 10.4 Å². The number of hydrogen-bond acceptors (Lipinski definition) is 8. The average molecular weight is 566 g/mol. The number of carbonyl (C=O) groups is 1. The van der Waals surface area contributed by atoms with Gasteiger partial charge in [-0.1, -0.05) is 35.3 Å². The number of esters is 1. The van der Waals surface area contributed by atoms with E-state index in [0.29, 0.717) is 45.2 Å². The van der Waals surface area contributed by atoms with Crippen molar-refractivity contribution < 1.29 is 23.4 Å². The molecule has 5 aromatic rings. The van der Waals surface area contributed by atoms with Gasteiger partial charge in [-0.3, -0.25) is 4.79 Å². The maximum atomic E-state index is 13.5. The third kappa shape index (κ3) is 5.45. The van der Waals surface area contributed by atoms with Crippen LogP contribution in [-0.4, -0.2) is 42.2 Å². The van der Waals surface area contributed by atoms with E-state index in [2.05, 4.69) is 14.8 Å². The van der Waals surface area contributed by atoms with Crippen LogP contribution in [0.25, 0.3) is 33.5 Å². The second kappa shape index (κ2) is 11.2. The first-order valence-electron chi connectivity index (χ1n) is 11.8. The molecule has 11 heteroatoms. The number of methoxy groups -OCH3 is 1. The highest BCUT2D eigenvalue weighted by atomic mass is 35.5. The van der Waals surface area contributed by atoms with E-state index < -0.39 is 5.97 Å². The second-order valence-corrected chi connectivity index (χ2v) is 9.08. The normalized spacial score (nSPS) is 11.4. The summed E-state index contributed by atoms with van der Waals surface area (Å²) in [6.07, 6.45) is 1.44. The van der Waals surface area contributed by atoms with E-state index in [1.54, 1.807) is 67.6 Å². The molecule has 0 spiro atoms. The smallest absolute Gasteiger partial charge is 0.343 e. The summed E-state index contributed by atoms with van der Waals surface area (Å²) in [5, 5.41) is 6.33. The van der Waals surface area contributed by atoms with Gasteiger partial charge in [0.2, 0.25) is 5.82 Å². The summed E-state index contributed by atoms with van der Waals surface area (Å²) >= 11 is 12.6. The summed E-state index contributed by atoms with van der Waals surface area (Å²) in [7, 11) is 1.26. The van der Waals surface area contributed by atoms with E-state index in [1.807, 2.05) is 0 Å². The van der Waals surface area contributed by atoms with Gasteiger partial charge < -0.3 is 18.6 Å². The SMILES string of the molecule is CCOc1cc(C=Nn2c(-c3cc4cc(Cl)ccc4o3)nc3ccccc3c2=O)cc(Cl)c1OCC(=O)OC. The number of nitrogens with zero attached hydrogens (tertiary/aromatic N) is 3. The van der Waals surface area contributed by atoms with E-state index in [-0.39, 0.29) is 28.8 Å². The maximum Gasteiger partial charge on any atom is 0.343 e. The Hall–Kier alpha value is -4.34. The maximum absolute atomic E-state index is 13.5. The predicted octanol–water partition coefficient (Wildman–Crippen LogP) is 5.95. The number of para-hydroxylation sites is 1. The number of halogens is 2. The lowest BCUT2D eigenvalue weighted by Gasteiger charge is -2.13. The highest BCUT2D eigenvalue weighted by Crippen LogP contribution is 2.36. The molecule has 3 aromatic carbocycles. The first-order chi connectivity index (χ1) is 18.9. The van der Waals surface area contributed by atoms with Gasteiger partial charge in [0.1, 0.15) is 5.58 Å². The molecule has 0 fully saturated rings. The molecule has 5 rings (SSSR count). The van der Waals surface area contributed by atoms with Crippen molar-refractivity contribution in [2.45, 2.75) is 6.92 Å². The minimum atomic E-state index is -0.567. The van der Waals surface area contributed by atoms with Crippen molar-refractivity contribution >= 4 is 57.3 Å². The summed E-state index contributed by atoms with van der Waals surface area (Å²) in [4.78, 5) is 29.7. The van der Waals surface area contributed by atoms with Crippen molar-refractivity contribution in [3.63, 3.8) is 0 Å². The van der Waals surface area contributed by atoms with Gasteiger partial charge in [-0.25, -0.2) is 9.78 Å². The van der Waals surface area contributed by atoms with Gasteiger partial charge in [-0.2, -0.15) is 9.78 Å². The minimum Gasteiger partial charge on any atom is -0.490 e. The summed E-state index contributed by atoms with van der Waals surface area (Å²) in [5.74, 6) is 0.465. The van der Waals surface area contributed by atoms with E-state index in [9.17, 15) is 9.59 Å². The molecule has 0 unspecified atom stereocenters. The van der Waals surface area contributed by atoms with Gasteiger partial charge in [0.15, 0.2) is 23.9 Å². The summed E-state index contributed by atoms with van der Waals surface area (Å²) < 4.78 is 23.0. The zero-order chi connectivity index (χ0) is 27.5. The lowest BCUT2D eigenvalue weighted by molar-refractivity contribution is -0.142. The molecule has 9 nitrogen and oxygen atoms in total. The molecule has 0 bridgehead atoms. The average Bonchev–Trinajstić information content (AvgIpc) is 3.35. The molecule has 0 N–H and O–H groups in total. The van der Waals surface area contributed by atoms with Crippen molar-refractivity contribution in [2.24, 2.45) is 5.10 Å². The molecular formula is C28H21Cl2N3O6. The number of aromatic nitrogens is 2. The molecule has 0 atom stereocenters. The van der Waals surface area contributed by atoms with Crippen molar-refractivity contribution in [1.82, 2.24) is 9.66 Å². The highest BCUT2D eigenvalue weighted by molar-refractivity contribution is 6.32. The molecule has 0 saturated heterocycles. The Morgan fingerprint density at radius 1 is 1.10 bits per heavy atom. The fourth-order valence-corrected chi connectivity index (χ4v) is 4.35. The molecule has 0 aliphatic rings. The number of furan rings is 1. The largest absolute Gasteiger partial charge is 0.490 e. The van der Waals surface area contributed by atoms with Gasteiger partial charge in [-0.15, -0.1) is 0 Å². The monoisotopic (exact) mass is 565 g/mol. The standard InChI is InChI=1S/C28H21Cl2N3O6/c1-3-37-23-11-16(10-20(30)26(23)38-15-25(34)36-2)14-31-33-27(32-21-7-5-4-6-19(21)28(33)35)24-13-17-12-18(29)8-9-22(17)39-24/h4-14H,3,15H2,1-2H3. The van der Waals surface area contributed by atoms with Crippen molar-refractivity contribution in [2.75, 3.05) is 20.3 Å². The molecule has 39 heavy (non-hydrogen) atoms. The number of hydrogen-bond donors (Lipinski definition) is 0. The minimum absolute atomic E-state index is 0.185. The van der Waals surface area contributed by atoms with Crippen molar-refractivity contribution in [3.8, 4) is 23.1 Å². The van der Waals surface area contributed by atoms with Gasteiger partial charge in [-0.05, 0) is 61.0 Å².